The highest BCUT2D eigenvalue weighted by molar-refractivity contribution is 5.81. The minimum Gasteiger partial charge on any atom is -0.493 e. The summed E-state index contributed by atoms with van der Waals surface area (Å²) >= 11 is 0. The van der Waals surface area contributed by atoms with E-state index in [0.29, 0.717) is 0 Å². The molecule has 4 rings (SSSR count). The number of amides is 2. The van der Waals surface area contributed by atoms with Crippen LogP contribution in [0.25, 0.3) is 0 Å². The Hall–Kier alpha value is -2.12. The van der Waals surface area contributed by atoms with Gasteiger partial charge in [-0.2, -0.15) is 0 Å². The molecule has 2 saturated heterocycles. The van der Waals surface area contributed by atoms with Crippen molar-refractivity contribution in [3.05, 3.63) is 29.3 Å². The number of carbonyl (C=O) groups is 2. The van der Waals surface area contributed by atoms with E-state index in [-0.39, 0.29) is 30.1 Å². The monoisotopic (exact) mass is 415 g/mol. The molecule has 3 heterocycles. The van der Waals surface area contributed by atoms with Gasteiger partial charge in [0.15, 0.2) is 0 Å². The SMILES string of the molecule is CC(=O)N1CCC(O[C@H]2C[C@@H](C(=O)N(C)C)N(Cc3ccc4c(c3)CCO4)C2)CC1. The van der Waals surface area contributed by atoms with Crippen LogP contribution >= 0.6 is 0 Å². The predicted octanol–water partition coefficient (Wildman–Crippen LogP) is 1.68. The highest BCUT2D eigenvalue weighted by Gasteiger charge is 2.39. The van der Waals surface area contributed by atoms with Crippen molar-refractivity contribution in [2.75, 3.05) is 40.3 Å². The fourth-order valence-corrected chi connectivity index (χ4v) is 4.84. The molecule has 1 aromatic carbocycles. The molecule has 0 unspecified atom stereocenters. The lowest BCUT2D eigenvalue weighted by Crippen LogP contribution is -2.42. The van der Waals surface area contributed by atoms with Crippen molar-refractivity contribution in [3.8, 4) is 5.75 Å². The summed E-state index contributed by atoms with van der Waals surface area (Å²) in [5, 5.41) is 0. The van der Waals surface area contributed by atoms with Crippen molar-refractivity contribution in [3.63, 3.8) is 0 Å². The topological polar surface area (TPSA) is 62.3 Å². The maximum absolute atomic E-state index is 12.9. The van der Waals surface area contributed by atoms with Gasteiger partial charge >= 0.3 is 0 Å². The lowest BCUT2D eigenvalue weighted by atomic mass is 10.1. The maximum atomic E-state index is 12.9. The summed E-state index contributed by atoms with van der Waals surface area (Å²) in [5.74, 6) is 1.26. The van der Waals surface area contributed by atoms with E-state index in [2.05, 4.69) is 17.0 Å². The Morgan fingerprint density at radius 1 is 1.20 bits per heavy atom. The molecule has 0 saturated carbocycles. The van der Waals surface area contributed by atoms with Gasteiger partial charge in [-0.25, -0.2) is 0 Å². The molecule has 7 nitrogen and oxygen atoms in total. The quantitative estimate of drug-likeness (QED) is 0.732. The second-order valence-corrected chi connectivity index (χ2v) is 8.92. The van der Waals surface area contributed by atoms with Gasteiger partial charge < -0.3 is 19.3 Å². The van der Waals surface area contributed by atoms with Gasteiger partial charge in [-0.1, -0.05) is 12.1 Å². The smallest absolute Gasteiger partial charge is 0.239 e. The van der Waals surface area contributed by atoms with Crippen LogP contribution in [0, 0.1) is 0 Å². The normalized spacial score (nSPS) is 24.6. The van der Waals surface area contributed by atoms with Crippen LogP contribution < -0.4 is 4.74 Å². The summed E-state index contributed by atoms with van der Waals surface area (Å²) in [7, 11) is 3.64. The fourth-order valence-electron chi connectivity index (χ4n) is 4.84. The van der Waals surface area contributed by atoms with E-state index in [4.69, 9.17) is 9.47 Å². The van der Waals surface area contributed by atoms with Crippen LogP contribution in [0.1, 0.15) is 37.3 Å². The first-order valence-electron chi connectivity index (χ1n) is 11.0. The average molecular weight is 416 g/mol. The van der Waals surface area contributed by atoms with Gasteiger partial charge in [-0.05, 0) is 36.5 Å². The molecule has 7 heteroatoms. The van der Waals surface area contributed by atoms with Crippen molar-refractivity contribution >= 4 is 11.8 Å². The number of hydrogen-bond acceptors (Lipinski definition) is 5. The van der Waals surface area contributed by atoms with E-state index in [9.17, 15) is 9.59 Å². The van der Waals surface area contributed by atoms with Gasteiger partial charge in [0.1, 0.15) is 5.75 Å². The number of nitrogens with zero attached hydrogens (tertiary/aromatic N) is 3. The third-order valence-electron chi connectivity index (χ3n) is 6.50. The number of fused-ring (bicyclic) bond motifs is 1. The Labute approximate surface area is 178 Å². The van der Waals surface area contributed by atoms with Crippen LogP contribution in [0.15, 0.2) is 18.2 Å². The number of likely N-dealkylation sites (N-methyl/N-ethyl adjacent to an activating group) is 1. The molecule has 0 radical (unpaired) electrons. The lowest BCUT2D eigenvalue weighted by molar-refractivity contribution is -0.134. The highest BCUT2D eigenvalue weighted by Crippen LogP contribution is 2.30. The minimum atomic E-state index is -0.160. The van der Waals surface area contributed by atoms with E-state index < -0.39 is 0 Å². The standard InChI is InChI=1S/C23H33N3O4/c1-16(27)25-9-6-19(7-10-25)30-20-13-21(23(28)24(2)3)26(15-20)14-17-4-5-22-18(12-17)8-11-29-22/h4-5,12,19-21H,6-11,13-15H2,1-3H3/t20-,21-/m0/s1. The molecule has 164 valence electrons. The van der Waals surface area contributed by atoms with Crippen LogP contribution in [-0.4, -0.2) is 85.1 Å². The Morgan fingerprint density at radius 2 is 1.97 bits per heavy atom. The van der Waals surface area contributed by atoms with Crippen LogP contribution in [-0.2, 0) is 27.3 Å². The molecule has 3 aliphatic rings. The molecular formula is C23H33N3O4. The second kappa shape index (κ2) is 8.94. The summed E-state index contributed by atoms with van der Waals surface area (Å²) in [4.78, 5) is 30.2. The highest BCUT2D eigenvalue weighted by atomic mass is 16.5. The number of ether oxygens (including phenoxy) is 2. The molecule has 0 bridgehead atoms. The molecular weight excluding hydrogens is 382 g/mol. The predicted molar refractivity (Wildman–Crippen MR) is 113 cm³/mol. The summed E-state index contributed by atoms with van der Waals surface area (Å²) in [5.41, 5.74) is 2.47. The molecule has 1 aromatic rings. The third kappa shape index (κ3) is 4.62. The van der Waals surface area contributed by atoms with Crippen molar-refractivity contribution in [1.82, 2.24) is 14.7 Å². The first-order chi connectivity index (χ1) is 14.4. The largest absolute Gasteiger partial charge is 0.493 e. The first-order valence-corrected chi connectivity index (χ1v) is 11.0. The number of rotatable bonds is 5. The molecule has 30 heavy (non-hydrogen) atoms. The van der Waals surface area contributed by atoms with Gasteiger partial charge in [0.2, 0.25) is 11.8 Å². The fraction of sp³-hybridized carbons (Fsp3) is 0.652. The van der Waals surface area contributed by atoms with E-state index in [1.165, 1.54) is 11.1 Å². The van der Waals surface area contributed by atoms with E-state index in [0.717, 1.165) is 64.2 Å². The molecule has 2 atom stereocenters. The number of piperidine rings is 1. The van der Waals surface area contributed by atoms with Crippen LogP contribution in [0.4, 0.5) is 0 Å². The number of carbonyl (C=O) groups excluding carboxylic acids is 2. The molecule has 2 amide bonds. The molecule has 0 aromatic heterocycles. The van der Waals surface area contributed by atoms with Gasteiger partial charge in [-0.15, -0.1) is 0 Å². The summed E-state index contributed by atoms with van der Waals surface area (Å²) in [6, 6.07) is 6.21. The van der Waals surface area contributed by atoms with Crippen molar-refractivity contribution in [2.24, 2.45) is 0 Å². The number of benzene rings is 1. The van der Waals surface area contributed by atoms with Gasteiger partial charge in [-0.3, -0.25) is 14.5 Å². The molecule has 0 spiro atoms. The third-order valence-corrected chi connectivity index (χ3v) is 6.50. The molecule has 3 aliphatic heterocycles. The number of likely N-dealkylation sites (tertiary alicyclic amines) is 2. The Morgan fingerprint density at radius 3 is 2.67 bits per heavy atom. The lowest BCUT2D eigenvalue weighted by Gasteiger charge is -2.32. The van der Waals surface area contributed by atoms with Gasteiger partial charge in [0.05, 0.1) is 24.9 Å². The summed E-state index contributed by atoms with van der Waals surface area (Å²) < 4.78 is 12.0. The van der Waals surface area contributed by atoms with Crippen LogP contribution in [0.2, 0.25) is 0 Å². The number of hydrogen-bond donors (Lipinski definition) is 0. The zero-order valence-corrected chi connectivity index (χ0v) is 18.3. The summed E-state index contributed by atoms with van der Waals surface area (Å²) in [6.45, 7) is 5.38. The van der Waals surface area contributed by atoms with Crippen LogP contribution in [0.5, 0.6) is 5.75 Å². The van der Waals surface area contributed by atoms with E-state index >= 15 is 0 Å². The van der Waals surface area contributed by atoms with Crippen molar-refractivity contribution in [2.45, 2.75) is 57.4 Å². The van der Waals surface area contributed by atoms with E-state index in [1.54, 1.807) is 11.8 Å². The van der Waals surface area contributed by atoms with Gasteiger partial charge in [0, 0.05) is 53.6 Å². The Kier molecular flexibility index (Phi) is 6.29. The second-order valence-electron chi connectivity index (χ2n) is 8.92. The van der Waals surface area contributed by atoms with Crippen molar-refractivity contribution < 1.29 is 19.1 Å². The Bertz CT molecular complexity index is 789. The molecule has 0 N–H and O–H groups in total. The average Bonchev–Trinajstić information content (AvgIpc) is 3.34. The Balaban J connectivity index is 1.40. The first kappa shape index (κ1) is 21.1. The zero-order chi connectivity index (χ0) is 21.3. The van der Waals surface area contributed by atoms with E-state index in [1.807, 2.05) is 25.1 Å². The van der Waals surface area contributed by atoms with Crippen LogP contribution in [0.3, 0.4) is 0 Å². The minimum absolute atomic E-state index is 0.0468. The van der Waals surface area contributed by atoms with Gasteiger partial charge in [0.25, 0.3) is 0 Å². The maximum Gasteiger partial charge on any atom is 0.239 e. The zero-order valence-electron chi connectivity index (χ0n) is 18.3. The molecule has 2 fully saturated rings. The van der Waals surface area contributed by atoms with Crippen molar-refractivity contribution in [1.29, 1.82) is 0 Å². The molecule has 0 aliphatic carbocycles. The summed E-state index contributed by atoms with van der Waals surface area (Å²) in [6.07, 6.45) is 3.62.